The quantitative estimate of drug-likeness (QED) is 0.634. The molecule has 3 N–H and O–H groups in total. The number of hydrogen-bond acceptors (Lipinski definition) is 2. The maximum Gasteiger partial charge on any atom is 0.314 e. The van der Waals surface area contributed by atoms with E-state index in [0.29, 0.717) is 18.4 Å². The van der Waals surface area contributed by atoms with Gasteiger partial charge in [-0.15, -0.1) is 0 Å². The number of carbonyl (C=O) groups excluding carboxylic acids is 1. The number of nitrogens with one attached hydrogen (secondary N) is 2. The van der Waals surface area contributed by atoms with Crippen molar-refractivity contribution in [2.45, 2.75) is 39.5 Å². The smallest absolute Gasteiger partial charge is 0.314 e. The predicted octanol–water partition coefficient (Wildman–Crippen LogP) is 1.59. The molecule has 1 fully saturated rings. The van der Waals surface area contributed by atoms with Crippen LogP contribution in [0.25, 0.3) is 0 Å². The minimum absolute atomic E-state index is 0.192. The summed E-state index contributed by atoms with van der Waals surface area (Å²) in [4.78, 5) is 22.0. The molecule has 5 heteroatoms. The number of aliphatic carboxylic acids is 1. The highest BCUT2D eigenvalue weighted by Crippen LogP contribution is 2.47. The summed E-state index contributed by atoms with van der Waals surface area (Å²) < 4.78 is 0. The third kappa shape index (κ3) is 4.63. The molecule has 5 nitrogen and oxygen atoms in total. The maximum absolute atomic E-state index is 11.4. The van der Waals surface area contributed by atoms with Crippen molar-refractivity contribution in [2.24, 2.45) is 11.3 Å². The first kappa shape index (κ1) is 13.8. The Morgan fingerprint density at radius 3 is 2.47 bits per heavy atom. The van der Waals surface area contributed by atoms with E-state index in [1.165, 1.54) is 12.8 Å². The second-order valence-electron chi connectivity index (χ2n) is 4.99. The molecule has 2 amide bonds. The fraction of sp³-hybridized carbons (Fsp3) is 0.833. The van der Waals surface area contributed by atoms with E-state index in [1.807, 2.05) is 0 Å². The summed E-state index contributed by atoms with van der Waals surface area (Å²) in [5.41, 5.74) is 0.339. The lowest BCUT2D eigenvalue weighted by molar-refractivity contribution is -0.141. The Hall–Kier alpha value is -1.26. The molecule has 0 aromatic carbocycles. The van der Waals surface area contributed by atoms with Gasteiger partial charge in [0, 0.05) is 13.1 Å². The first-order chi connectivity index (χ1) is 7.99. The van der Waals surface area contributed by atoms with Crippen molar-refractivity contribution < 1.29 is 14.7 Å². The minimum atomic E-state index is -0.824. The molecule has 1 atom stereocenters. The standard InChI is InChI=1S/C12H22N2O3/c1-3-12(5-6-12)8-14-11(17)13-7-4-9(2)10(15)16/h9H,3-8H2,1-2H3,(H,15,16)(H2,13,14,17). The van der Waals surface area contributed by atoms with Crippen LogP contribution in [0.2, 0.25) is 0 Å². The fourth-order valence-corrected chi connectivity index (χ4v) is 1.69. The molecule has 1 rings (SSSR count). The monoisotopic (exact) mass is 242 g/mol. The highest BCUT2D eigenvalue weighted by Gasteiger charge is 2.40. The van der Waals surface area contributed by atoms with Crippen LogP contribution in [-0.2, 0) is 4.79 Å². The van der Waals surface area contributed by atoms with E-state index < -0.39 is 11.9 Å². The molecular formula is C12H22N2O3. The predicted molar refractivity (Wildman–Crippen MR) is 64.8 cm³/mol. The van der Waals surface area contributed by atoms with Gasteiger partial charge in [0.15, 0.2) is 0 Å². The van der Waals surface area contributed by atoms with Gasteiger partial charge in [-0.05, 0) is 31.1 Å². The lowest BCUT2D eigenvalue weighted by Crippen LogP contribution is -2.39. The zero-order valence-corrected chi connectivity index (χ0v) is 10.6. The van der Waals surface area contributed by atoms with Gasteiger partial charge in [0.05, 0.1) is 5.92 Å². The third-order valence-electron chi connectivity index (χ3n) is 3.62. The number of hydrogen-bond donors (Lipinski definition) is 3. The molecule has 1 aliphatic rings. The molecule has 0 aromatic heterocycles. The van der Waals surface area contributed by atoms with Crippen LogP contribution in [0, 0.1) is 11.3 Å². The van der Waals surface area contributed by atoms with Gasteiger partial charge in [-0.25, -0.2) is 4.79 Å². The highest BCUT2D eigenvalue weighted by molar-refractivity contribution is 5.74. The zero-order valence-electron chi connectivity index (χ0n) is 10.6. The topological polar surface area (TPSA) is 78.4 Å². The Morgan fingerprint density at radius 2 is 2.00 bits per heavy atom. The molecule has 0 spiro atoms. The molecule has 98 valence electrons. The van der Waals surface area contributed by atoms with E-state index in [-0.39, 0.29) is 6.03 Å². The summed E-state index contributed by atoms with van der Waals surface area (Å²) in [5.74, 6) is -1.24. The minimum Gasteiger partial charge on any atom is -0.481 e. The van der Waals surface area contributed by atoms with Gasteiger partial charge in [-0.3, -0.25) is 4.79 Å². The SMILES string of the molecule is CCC1(CNC(=O)NCCC(C)C(=O)O)CC1. The van der Waals surface area contributed by atoms with E-state index in [2.05, 4.69) is 17.6 Å². The number of amides is 2. The largest absolute Gasteiger partial charge is 0.481 e. The number of urea groups is 1. The van der Waals surface area contributed by atoms with Crippen LogP contribution in [0.5, 0.6) is 0 Å². The third-order valence-corrected chi connectivity index (χ3v) is 3.62. The van der Waals surface area contributed by atoms with E-state index in [9.17, 15) is 9.59 Å². The van der Waals surface area contributed by atoms with Crippen LogP contribution in [0.1, 0.15) is 39.5 Å². The van der Waals surface area contributed by atoms with E-state index in [0.717, 1.165) is 13.0 Å². The van der Waals surface area contributed by atoms with Crippen LogP contribution in [0.4, 0.5) is 4.79 Å². The Labute approximate surface area is 102 Å². The summed E-state index contributed by atoms with van der Waals surface area (Å²) >= 11 is 0. The van der Waals surface area contributed by atoms with Crippen molar-refractivity contribution in [2.75, 3.05) is 13.1 Å². The van der Waals surface area contributed by atoms with Crippen LogP contribution < -0.4 is 10.6 Å². The number of carboxylic acids is 1. The van der Waals surface area contributed by atoms with Gasteiger partial charge < -0.3 is 15.7 Å². The van der Waals surface area contributed by atoms with Crippen molar-refractivity contribution in [3.05, 3.63) is 0 Å². The van der Waals surface area contributed by atoms with E-state index in [1.54, 1.807) is 6.92 Å². The molecule has 0 radical (unpaired) electrons. The molecule has 1 aliphatic carbocycles. The maximum atomic E-state index is 11.4. The average molecular weight is 242 g/mol. The number of carbonyl (C=O) groups is 2. The number of rotatable bonds is 7. The summed E-state index contributed by atoms with van der Waals surface area (Å²) in [7, 11) is 0. The lowest BCUT2D eigenvalue weighted by atomic mass is 10.0. The van der Waals surface area contributed by atoms with Crippen molar-refractivity contribution in [3.63, 3.8) is 0 Å². The van der Waals surface area contributed by atoms with E-state index >= 15 is 0 Å². The molecule has 0 aromatic rings. The molecule has 0 heterocycles. The van der Waals surface area contributed by atoms with Gasteiger partial charge in [-0.2, -0.15) is 0 Å². The lowest BCUT2D eigenvalue weighted by Gasteiger charge is -2.14. The number of carboxylic acid groups (broad SMARTS) is 1. The normalized spacial score (nSPS) is 18.2. The van der Waals surface area contributed by atoms with E-state index in [4.69, 9.17) is 5.11 Å². The van der Waals surface area contributed by atoms with Gasteiger partial charge in [0.25, 0.3) is 0 Å². The van der Waals surface area contributed by atoms with Crippen molar-refractivity contribution in [1.82, 2.24) is 10.6 Å². The highest BCUT2D eigenvalue weighted by atomic mass is 16.4. The molecular weight excluding hydrogens is 220 g/mol. The molecule has 17 heavy (non-hydrogen) atoms. The van der Waals surface area contributed by atoms with Crippen LogP contribution in [0.15, 0.2) is 0 Å². The Bertz CT molecular complexity index is 287. The first-order valence-corrected chi connectivity index (χ1v) is 6.23. The molecule has 1 saturated carbocycles. The Kier molecular flexibility index (Phi) is 4.78. The molecule has 0 bridgehead atoms. The van der Waals surface area contributed by atoms with Crippen molar-refractivity contribution in [3.8, 4) is 0 Å². The van der Waals surface area contributed by atoms with Gasteiger partial charge in [-0.1, -0.05) is 13.8 Å². The second kappa shape index (κ2) is 5.89. The van der Waals surface area contributed by atoms with Gasteiger partial charge in [0.2, 0.25) is 0 Å². The van der Waals surface area contributed by atoms with Crippen LogP contribution in [-0.4, -0.2) is 30.2 Å². The fourth-order valence-electron chi connectivity index (χ4n) is 1.69. The van der Waals surface area contributed by atoms with Gasteiger partial charge >= 0.3 is 12.0 Å². The second-order valence-corrected chi connectivity index (χ2v) is 4.99. The first-order valence-electron chi connectivity index (χ1n) is 6.23. The zero-order chi connectivity index (χ0) is 12.9. The Morgan fingerprint density at radius 1 is 1.35 bits per heavy atom. The molecule has 0 aliphatic heterocycles. The summed E-state index contributed by atoms with van der Waals surface area (Å²) in [6, 6.07) is -0.192. The van der Waals surface area contributed by atoms with Crippen LogP contribution >= 0.6 is 0 Å². The summed E-state index contributed by atoms with van der Waals surface area (Å²) in [5, 5.41) is 14.2. The van der Waals surface area contributed by atoms with Crippen molar-refractivity contribution in [1.29, 1.82) is 0 Å². The molecule has 0 saturated heterocycles. The summed E-state index contributed by atoms with van der Waals surface area (Å²) in [6.07, 6.45) is 3.95. The summed E-state index contributed by atoms with van der Waals surface area (Å²) in [6.45, 7) is 4.90. The molecule has 1 unspecified atom stereocenters. The average Bonchev–Trinajstić information content (AvgIpc) is 3.07. The Balaban J connectivity index is 2.07. The van der Waals surface area contributed by atoms with Gasteiger partial charge in [0.1, 0.15) is 0 Å². The van der Waals surface area contributed by atoms with Crippen LogP contribution in [0.3, 0.4) is 0 Å². The van der Waals surface area contributed by atoms with Crippen molar-refractivity contribution >= 4 is 12.0 Å².